The monoisotopic (exact) mass is 425 g/mol. The van der Waals surface area contributed by atoms with Crippen LogP contribution < -0.4 is 10.1 Å². The van der Waals surface area contributed by atoms with Crippen LogP contribution in [0.25, 0.3) is 0 Å². The number of rotatable bonds is 5. The van der Waals surface area contributed by atoms with Crippen molar-refractivity contribution in [2.75, 3.05) is 0 Å². The number of halogens is 2. The molecule has 0 aliphatic carbocycles. The first kappa shape index (κ1) is 17.0. The lowest BCUT2D eigenvalue weighted by Gasteiger charge is -2.19. The van der Waals surface area contributed by atoms with E-state index in [1.165, 1.54) is 0 Å². The van der Waals surface area contributed by atoms with Gasteiger partial charge in [0.15, 0.2) is 6.10 Å². The number of carbonyl (C=O) groups excluding carboxylic acids is 1. The Labute approximate surface area is 147 Å². The van der Waals surface area contributed by atoms with Crippen LogP contribution in [0.5, 0.6) is 5.75 Å². The van der Waals surface area contributed by atoms with Gasteiger partial charge in [0.25, 0.3) is 5.91 Å². The largest absolute Gasteiger partial charge is 0.480 e. The van der Waals surface area contributed by atoms with Crippen LogP contribution in [0.1, 0.15) is 25.5 Å². The van der Waals surface area contributed by atoms with Crippen LogP contribution in [0.2, 0.25) is 0 Å². The molecule has 0 heterocycles. The van der Waals surface area contributed by atoms with E-state index in [0.717, 1.165) is 14.5 Å². The van der Waals surface area contributed by atoms with Crippen molar-refractivity contribution in [2.45, 2.75) is 26.0 Å². The van der Waals surface area contributed by atoms with Gasteiger partial charge in [-0.05, 0) is 53.5 Å². The number of amides is 1. The first-order chi connectivity index (χ1) is 10.5. The summed E-state index contributed by atoms with van der Waals surface area (Å²) in [4.78, 5) is 12.2. The number of hydrogen-bond donors (Lipinski definition) is 1. The Bertz CT molecular complexity index is 646. The maximum Gasteiger partial charge on any atom is 0.261 e. The van der Waals surface area contributed by atoms with Crippen molar-refractivity contribution in [1.29, 1.82) is 0 Å². The molecule has 2 rings (SSSR count). The third kappa shape index (κ3) is 4.58. The van der Waals surface area contributed by atoms with Gasteiger partial charge in [-0.1, -0.05) is 46.3 Å². The predicted molar refractivity (Wildman–Crippen MR) is 94.9 cm³/mol. The van der Waals surface area contributed by atoms with E-state index in [2.05, 4.69) is 37.2 Å². The second kappa shape index (κ2) is 7.79. The molecule has 5 heteroatoms. The average Bonchev–Trinajstić information content (AvgIpc) is 2.50. The summed E-state index contributed by atoms with van der Waals surface area (Å²) in [5, 5.41) is 2.96. The Balaban J connectivity index is 1.97. The zero-order chi connectivity index (χ0) is 16.1. The van der Waals surface area contributed by atoms with Crippen molar-refractivity contribution in [3.8, 4) is 5.75 Å². The molecule has 0 radical (unpaired) electrons. The quantitative estimate of drug-likeness (QED) is 0.741. The number of ether oxygens (including phenoxy) is 1. The highest BCUT2D eigenvalue weighted by molar-refractivity contribution is 9.11. The van der Waals surface area contributed by atoms with E-state index < -0.39 is 6.10 Å². The minimum atomic E-state index is -0.580. The fourth-order valence-electron chi connectivity index (χ4n) is 1.97. The van der Waals surface area contributed by atoms with Gasteiger partial charge >= 0.3 is 0 Å². The Morgan fingerprint density at radius 3 is 2.41 bits per heavy atom. The Hall–Kier alpha value is -1.33. The van der Waals surface area contributed by atoms with Crippen molar-refractivity contribution in [1.82, 2.24) is 5.32 Å². The van der Waals surface area contributed by atoms with E-state index >= 15 is 0 Å². The SMILES string of the molecule is C[C@H](Oc1ccc(Br)cc1Br)C(=O)N[C@@H](C)c1ccccc1. The van der Waals surface area contributed by atoms with Crippen LogP contribution in [0.3, 0.4) is 0 Å². The minimum absolute atomic E-state index is 0.0619. The van der Waals surface area contributed by atoms with Gasteiger partial charge < -0.3 is 10.1 Å². The number of carbonyl (C=O) groups is 1. The van der Waals surface area contributed by atoms with E-state index in [9.17, 15) is 4.79 Å². The summed E-state index contributed by atoms with van der Waals surface area (Å²) in [6.45, 7) is 3.69. The van der Waals surface area contributed by atoms with Crippen LogP contribution in [-0.4, -0.2) is 12.0 Å². The van der Waals surface area contributed by atoms with E-state index in [1.54, 1.807) is 6.92 Å². The molecule has 0 saturated carbocycles. The van der Waals surface area contributed by atoms with Crippen LogP contribution in [0.4, 0.5) is 0 Å². The first-order valence-corrected chi connectivity index (χ1v) is 8.53. The summed E-state index contributed by atoms with van der Waals surface area (Å²) in [7, 11) is 0. The van der Waals surface area contributed by atoms with Crippen LogP contribution >= 0.6 is 31.9 Å². The number of hydrogen-bond acceptors (Lipinski definition) is 2. The van der Waals surface area contributed by atoms with E-state index in [0.29, 0.717) is 5.75 Å². The standard InChI is InChI=1S/C17H17Br2NO2/c1-11(13-6-4-3-5-7-13)20-17(21)12(2)22-16-9-8-14(18)10-15(16)19/h3-12H,1-2H3,(H,20,21)/t11-,12-/m0/s1. The van der Waals surface area contributed by atoms with Gasteiger partial charge in [0.2, 0.25) is 0 Å². The number of nitrogens with one attached hydrogen (secondary N) is 1. The maximum atomic E-state index is 12.2. The Kier molecular flexibility index (Phi) is 6.03. The molecule has 0 aromatic heterocycles. The third-order valence-electron chi connectivity index (χ3n) is 3.23. The Morgan fingerprint density at radius 2 is 1.77 bits per heavy atom. The molecular weight excluding hydrogens is 410 g/mol. The van der Waals surface area contributed by atoms with Gasteiger partial charge in [-0.25, -0.2) is 0 Å². The summed E-state index contributed by atoms with van der Waals surface area (Å²) in [5.41, 5.74) is 1.06. The van der Waals surface area contributed by atoms with Gasteiger partial charge in [-0.3, -0.25) is 4.79 Å². The van der Waals surface area contributed by atoms with Crippen molar-refractivity contribution in [3.63, 3.8) is 0 Å². The summed E-state index contributed by atoms with van der Waals surface area (Å²) in [6.07, 6.45) is -0.580. The topological polar surface area (TPSA) is 38.3 Å². The van der Waals surface area contributed by atoms with Gasteiger partial charge in [0.05, 0.1) is 10.5 Å². The molecule has 3 nitrogen and oxygen atoms in total. The lowest BCUT2D eigenvalue weighted by atomic mass is 10.1. The highest BCUT2D eigenvalue weighted by atomic mass is 79.9. The van der Waals surface area contributed by atoms with E-state index in [4.69, 9.17) is 4.74 Å². The summed E-state index contributed by atoms with van der Waals surface area (Å²) < 4.78 is 7.47. The van der Waals surface area contributed by atoms with Crippen LogP contribution in [0, 0.1) is 0 Å². The smallest absolute Gasteiger partial charge is 0.261 e. The van der Waals surface area contributed by atoms with Gasteiger partial charge in [-0.15, -0.1) is 0 Å². The maximum absolute atomic E-state index is 12.2. The molecule has 0 spiro atoms. The molecule has 0 fully saturated rings. The molecule has 22 heavy (non-hydrogen) atoms. The summed E-state index contributed by atoms with van der Waals surface area (Å²) in [5.74, 6) is 0.490. The third-order valence-corrected chi connectivity index (χ3v) is 4.34. The summed E-state index contributed by atoms with van der Waals surface area (Å²) >= 11 is 6.81. The molecule has 0 aliphatic rings. The average molecular weight is 427 g/mol. The Morgan fingerprint density at radius 1 is 1.09 bits per heavy atom. The lowest BCUT2D eigenvalue weighted by Crippen LogP contribution is -2.37. The second-order valence-electron chi connectivity index (χ2n) is 4.98. The molecule has 0 saturated heterocycles. The fraction of sp³-hybridized carbons (Fsp3) is 0.235. The van der Waals surface area contributed by atoms with Crippen LogP contribution in [-0.2, 0) is 4.79 Å². The van der Waals surface area contributed by atoms with Gasteiger partial charge in [0, 0.05) is 4.47 Å². The molecule has 0 bridgehead atoms. The van der Waals surface area contributed by atoms with E-state index in [1.807, 2.05) is 55.5 Å². The lowest BCUT2D eigenvalue weighted by molar-refractivity contribution is -0.127. The van der Waals surface area contributed by atoms with Gasteiger partial charge in [0.1, 0.15) is 5.75 Å². The number of benzene rings is 2. The highest BCUT2D eigenvalue weighted by Crippen LogP contribution is 2.29. The van der Waals surface area contributed by atoms with Crippen molar-refractivity contribution in [3.05, 3.63) is 63.0 Å². The highest BCUT2D eigenvalue weighted by Gasteiger charge is 2.18. The molecule has 0 unspecified atom stereocenters. The molecule has 2 aromatic rings. The predicted octanol–water partition coefficient (Wildman–Crippen LogP) is 4.86. The molecule has 116 valence electrons. The van der Waals surface area contributed by atoms with Gasteiger partial charge in [-0.2, -0.15) is 0 Å². The van der Waals surface area contributed by atoms with E-state index in [-0.39, 0.29) is 11.9 Å². The summed E-state index contributed by atoms with van der Waals surface area (Å²) in [6, 6.07) is 15.3. The molecule has 2 atom stereocenters. The molecule has 1 amide bonds. The fourth-order valence-corrected chi connectivity index (χ4v) is 3.11. The second-order valence-corrected chi connectivity index (χ2v) is 6.75. The molecular formula is C17H17Br2NO2. The molecule has 1 N–H and O–H groups in total. The van der Waals surface area contributed by atoms with Crippen LogP contribution in [0.15, 0.2) is 57.5 Å². The zero-order valence-electron chi connectivity index (χ0n) is 12.3. The minimum Gasteiger partial charge on any atom is -0.480 e. The van der Waals surface area contributed by atoms with Crippen molar-refractivity contribution >= 4 is 37.8 Å². The normalized spacial score (nSPS) is 13.3. The van der Waals surface area contributed by atoms with Crippen molar-refractivity contribution < 1.29 is 9.53 Å². The first-order valence-electron chi connectivity index (χ1n) is 6.94. The molecule has 2 aromatic carbocycles. The zero-order valence-corrected chi connectivity index (χ0v) is 15.5. The van der Waals surface area contributed by atoms with Crippen molar-refractivity contribution in [2.24, 2.45) is 0 Å². The molecule has 0 aliphatic heterocycles.